The number of aliphatic hydroxyl groups is 2. The number of halogens is 1. The monoisotopic (exact) mass is 389 g/mol. The van der Waals surface area contributed by atoms with E-state index in [2.05, 4.69) is 10.3 Å². The SMILES string of the molecule is CN(CCO)[C@@H]1[C@@H](O)[C@H](Oc2cccc(F)c2)C[C@H]1NC(=O)c1cccnc1. The van der Waals surface area contributed by atoms with Gasteiger partial charge in [0.15, 0.2) is 0 Å². The number of pyridine rings is 1. The van der Waals surface area contributed by atoms with Crippen molar-refractivity contribution < 1.29 is 24.1 Å². The lowest BCUT2D eigenvalue weighted by Crippen LogP contribution is -2.52. The third-order valence-corrected chi connectivity index (χ3v) is 4.91. The van der Waals surface area contributed by atoms with Crippen LogP contribution < -0.4 is 10.1 Å². The Hall–Kier alpha value is -2.55. The van der Waals surface area contributed by atoms with Crippen LogP contribution in [0, 0.1) is 5.82 Å². The molecule has 1 amide bonds. The highest BCUT2D eigenvalue weighted by molar-refractivity contribution is 5.94. The third kappa shape index (κ3) is 4.64. The van der Waals surface area contributed by atoms with E-state index >= 15 is 0 Å². The number of ether oxygens (including phenoxy) is 1. The summed E-state index contributed by atoms with van der Waals surface area (Å²) in [6.45, 7) is 0.242. The first-order chi connectivity index (χ1) is 13.5. The Morgan fingerprint density at radius 2 is 2.21 bits per heavy atom. The summed E-state index contributed by atoms with van der Waals surface area (Å²) in [4.78, 5) is 18.3. The number of carbonyl (C=O) groups is 1. The van der Waals surface area contributed by atoms with E-state index in [0.29, 0.717) is 24.3 Å². The summed E-state index contributed by atoms with van der Waals surface area (Å²) in [7, 11) is 1.76. The predicted molar refractivity (Wildman–Crippen MR) is 100 cm³/mol. The molecule has 0 unspecified atom stereocenters. The van der Waals surface area contributed by atoms with Gasteiger partial charge in [-0.15, -0.1) is 0 Å². The van der Waals surface area contributed by atoms with Crippen LogP contribution in [0.5, 0.6) is 5.75 Å². The van der Waals surface area contributed by atoms with Crippen LogP contribution in [-0.2, 0) is 0 Å². The minimum Gasteiger partial charge on any atom is -0.487 e. The van der Waals surface area contributed by atoms with Crippen molar-refractivity contribution in [3.63, 3.8) is 0 Å². The number of nitrogens with one attached hydrogen (secondary N) is 1. The second-order valence-electron chi connectivity index (χ2n) is 6.86. The second kappa shape index (κ2) is 9.09. The van der Waals surface area contributed by atoms with Crippen LogP contribution in [0.1, 0.15) is 16.8 Å². The Bertz CT molecular complexity index is 792. The zero-order valence-corrected chi connectivity index (χ0v) is 15.5. The van der Waals surface area contributed by atoms with E-state index in [-0.39, 0.29) is 12.5 Å². The summed E-state index contributed by atoms with van der Waals surface area (Å²) in [6, 6.07) is 8.15. The van der Waals surface area contributed by atoms with Crippen molar-refractivity contribution in [1.82, 2.24) is 15.2 Å². The van der Waals surface area contributed by atoms with Gasteiger partial charge in [0, 0.05) is 31.4 Å². The highest BCUT2D eigenvalue weighted by atomic mass is 19.1. The maximum Gasteiger partial charge on any atom is 0.253 e. The van der Waals surface area contributed by atoms with Crippen molar-refractivity contribution in [3.8, 4) is 5.75 Å². The zero-order valence-electron chi connectivity index (χ0n) is 15.5. The van der Waals surface area contributed by atoms with Gasteiger partial charge < -0.3 is 20.3 Å². The molecule has 7 nitrogen and oxygen atoms in total. The largest absolute Gasteiger partial charge is 0.487 e. The van der Waals surface area contributed by atoms with Gasteiger partial charge in [0.2, 0.25) is 0 Å². The van der Waals surface area contributed by atoms with Gasteiger partial charge in [0.1, 0.15) is 23.8 Å². The average molecular weight is 389 g/mol. The molecule has 0 spiro atoms. The molecule has 1 heterocycles. The maximum atomic E-state index is 13.4. The third-order valence-electron chi connectivity index (χ3n) is 4.91. The fourth-order valence-corrected chi connectivity index (χ4v) is 3.59. The lowest BCUT2D eigenvalue weighted by atomic mass is 10.1. The molecule has 0 saturated heterocycles. The highest BCUT2D eigenvalue weighted by Gasteiger charge is 2.46. The Morgan fingerprint density at radius 3 is 2.89 bits per heavy atom. The number of aromatic nitrogens is 1. The Labute approximate surface area is 162 Å². The van der Waals surface area contributed by atoms with Crippen LogP contribution in [0.4, 0.5) is 4.39 Å². The molecule has 0 radical (unpaired) electrons. The molecular weight excluding hydrogens is 365 g/mol. The first-order valence-electron chi connectivity index (χ1n) is 9.12. The van der Waals surface area contributed by atoms with Gasteiger partial charge in [-0.3, -0.25) is 14.7 Å². The Balaban J connectivity index is 1.77. The normalized spacial score (nSPS) is 24.3. The minimum atomic E-state index is -0.931. The van der Waals surface area contributed by atoms with Gasteiger partial charge in [0.25, 0.3) is 5.91 Å². The summed E-state index contributed by atoms with van der Waals surface area (Å²) >= 11 is 0. The lowest BCUT2D eigenvalue weighted by Gasteiger charge is -2.31. The summed E-state index contributed by atoms with van der Waals surface area (Å²) in [5, 5.41) is 23.0. The van der Waals surface area contributed by atoms with Crippen LogP contribution in [0.15, 0.2) is 48.8 Å². The number of rotatable bonds is 7. The predicted octanol–water partition coefficient (Wildman–Crippen LogP) is 0.824. The quantitative estimate of drug-likeness (QED) is 0.649. The van der Waals surface area contributed by atoms with E-state index in [1.807, 2.05) is 0 Å². The topological polar surface area (TPSA) is 94.9 Å². The number of nitrogens with zero attached hydrogens (tertiary/aromatic N) is 2. The standard InChI is InChI=1S/C20H24FN3O4/c1-24(8-9-25)18-16(23-20(27)13-4-3-7-22-12-13)11-17(19(18)26)28-15-6-2-5-14(21)10-15/h2-7,10,12,16-19,25-26H,8-9,11H2,1H3,(H,23,27)/t16-,17-,18+,19+/m1/s1. The van der Waals surface area contributed by atoms with E-state index in [9.17, 15) is 19.4 Å². The number of hydrogen-bond donors (Lipinski definition) is 3. The fourth-order valence-electron chi connectivity index (χ4n) is 3.59. The summed E-state index contributed by atoms with van der Waals surface area (Å²) < 4.78 is 19.2. The van der Waals surface area contributed by atoms with Crippen LogP contribution in [-0.4, -0.2) is 70.5 Å². The summed E-state index contributed by atoms with van der Waals surface area (Å²) in [5.74, 6) is -0.425. The summed E-state index contributed by atoms with van der Waals surface area (Å²) in [5.41, 5.74) is 0.412. The number of aliphatic hydroxyl groups excluding tert-OH is 2. The van der Waals surface area contributed by atoms with Crippen LogP contribution in [0.25, 0.3) is 0 Å². The van der Waals surface area contributed by atoms with E-state index in [4.69, 9.17) is 4.74 Å². The molecule has 0 bridgehead atoms. The first kappa shape index (κ1) is 20.2. The molecule has 8 heteroatoms. The molecule has 1 fully saturated rings. The smallest absolute Gasteiger partial charge is 0.253 e. The molecule has 1 aromatic carbocycles. The fraction of sp³-hybridized carbons (Fsp3) is 0.400. The molecule has 4 atom stereocenters. The first-order valence-corrected chi connectivity index (χ1v) is 9.12. The van der Waals surface area contributed by atoms with Gasteiger partial charge in [-0.1, -0.05) is 6.07 Å². The van der Waals surface area contributed by atoms with Gasteiger partial charge in [0.05, 0.1) is 24.3 Å². The van der Waals surface area contributed by atoms with E-state index in [1.165, 1.54) is 24.4 Å². The molecule has 3 rings (SSSR count). The average Bonchev–Trinajstić information content (AvgIpc) is 2.97. The number of hydrogen-bond acceptors (Lipinski definition) is 6. The Morgan fingerprint density at radius 1 is 1.39 bits per heavy atom. The molecule has 2 aromatic rings. The number of carbonyl (C=O) groups excluding carboxylic acids is 1. The van der Waals surface area contributed by atoms with Crippen molar-refractivity contribution in [1.29, 1.82) is 0 Å². The molecule has 1 saturated carbocycles. The molecule has 1 aliphatic carbocycles. The van der Waals surface area contributed by atoms with Crippen molar-refractivity contribution in [2.24, 2.45) is 0 Å². The van der Waals surface area contributed by atoms with Crippen LogP contribution >= 0.6 is 0 Å². The van der Waals surface area contributed by atoms with Crippen LogP contribution in [0.3, 0.4) is 0 Å². The number of likely N-dealkylation sites (N-methyl/N-ethyl adjacent to an activating group) is 1. The van der Waals surface area contributed by atoms with Crippen molar-refractivity contribution >= 4 is 5.91 Å². The van der Waals surface area contributed by atoms with Crippen LogP contribution in [0.2, 0.25) is 0 Å². The van der Waals surface area contributed by atoms with E-state index in [0.717, 1.165) is 0 Å². The number of benzene rings is 1. The van der Waals surface area contributed by atoms with Crippen molar-refractivity contribution in [2.45, 2.75) is 30.7 Å². The molecule has 3 N–H and O–H groups in total. The van der Waals surface area contributed by atoms with Crippen molar-refractivity contribution in [3.05, 3.63) is 60.2 Å². The summed E-state index contributed by atoms with van der Waals surface area (Å²) in [6.07, 6.45) is 1.82. The van der Waals surface area contributed by atoms with Gasteiger partial charge >= 0.3 is 0 Å². The Kier molecular flexibility index (Phi) is 6.56. The molecule has 28 heavy (non-hydrogen) atoms. The molecule has 150 valence electrons. The molecule has 0 aliphatic heterocycles. The molecule has 1 aromatic heterocycles. The van der Waals surface area contributed by atoms with E-state index in [1.54, 1.807) is 36.3 Å². The van der Waals surface area contributed by atoms with Crippen molar-refractivity contribution in [2.75, 3.05) is 20.2 Å². The number of amides is 1. The second-order valence-corrected chi connectivity index (χ2v) is 6.86. The molecule has 1 aliphatic rings. The van der Waals surface area contributed by atoms with Gasteiger partial charge in [-0.05, 0) is 31.3 Å². The molecular formula is C20H24FN3O4. The highest BCUT2D eigenvalue weighted by Crippen LogP contribution is 2.29. The zero-order chi connectivity index (χ0) is 20.1. The minimum absolute atomic E-state index is 0.0849. The van der Waals surface area contributed by atoms with Gasteiger partial charge in [-0.2, -0.15) is 0 Å². The maximum absolute atomic E-state index is 13.4. The van der Waals surface area contributed by atoms with E-state index < -0.39 is 30.1 Å². The van der Waals surface area contributed by atoms with Gasteiger partial charge in [-0.25, -0.2) is 4.39 Å². The lowest BCUT2D eigenvalue weighted by molar-refractivity contribution is 0.0109.